The van der Waals surface area contributed by atoms with Crippen LogP contribution in [0.3, 0.4) is 0 Å². The van der Waals surface area contributed by atoms with Gasteiger partial charge >= 0.3 is 0 Å². The highest BCUT2D eigenvalue weighted by molar-refractivity contribution is 6.44. The third kappa shape index (κ3) is 2.73. The highest BCUT2D eigenvalue weighted by Gasteiger charge is 2.11. The monoisotopic (exact) mass is 321 g/mol. The van der Waals surface area contributed by atoms with Crippen LogP contribution >= 0.6 is 46.4 Å². The highest BCUT2D eigenvalue weighted by Crippen LogP contribution is 2.35. The van der Waals surface area contributed by atoms with Gasteiger partial charge in [0.2, 0.25) is 0 Å². The van der Waals surface area contributed by atoms with Gasteiger partial charge in [-0.1, -0.05) is 46.4 Å². The maximum Gasteiger partial charge on any atom is 0.0722 e. The summed E-state index contributed by atoms with van der Waals surface area (Å²) in [5.74, 6) is 0. The van der Waals surface area contributed by atoms with Crippen molar-refractivity contribution in [3.05, 3.63) is 50.0 Å². The van der Waals surface area contributed by atoms with Crippen molar-refractivity contribution in [2.75, 3.05) is 0 Å². The van der Waals surface area contributed by atoms with Gasteiger partial charge in [-0.3, -0.25) is 4.98 Å². The Kier molecular flexibility index (Phi) is 4.36. The van der Waals surface area contributed by atoms with Gasteiger partial charge < -0.3 is 5.11 Å². The van der Waals surface area contributed by atoms with E-state index in [2.05, 4.69) is 4.98 Å². The molecule has 0 spiro atoms. The molecule has 2 rings (SSSR count). The van der Waals surface area contributed by atoms with Crippen molar-refractivity contribution in [1.82, 2.24) is 4.98 Å². The molecular weight excluding hydrogens is 316 g/mol. The largest absolute Gasteiger partial charge is 0.392 e. The number of hydrogen-bond acceptors (Lipinski definition) is 2. The minimum absolute atomic E-state index is 0.173. The normalized spacial score (nSPS) is 10.7. The van der Waals surface area contributed by atoms with Crippen LogP contribution in [0.2, 0.25) is 20.1 Å². The summed E-state index contributed by atoms with van der Waals surface area (Å²) in [6.45, 7) is -0.173. The van der Waals surface area contributed by atoms with E-state index < -0.39 is 0 Å². The first kappa shape index (κ1) is 13.9. The van der Waals surface area contributed by atoms with E-state index in [0.717, 1.165) is 0 Å². The molecule has 1 N–H and O–H groups in total. The number of aliphatic hydroxyl groups is 1. The lowest BCUT2D eigenvalue weighted by Gasteiger charge is -2.08. The Morgan fingerprint density at radius 2 is 1.56 bits per heavy atom. The molecule has 0 aliphatic rings. The molecule has 1 heterocycles. The van der Waals surface area contributed by atoms with E-state index in [0.29, 0.717) is 36.9 Å². The minimum Gasteiger partial charge on any atom is -0.392 e. The second kappa shape index (κ2) is 5.64. The van der Waals surface area contributed by atoms with Gasteiger partial charge in [0.25, 0.3) is 0 Å². The Labute approximate surface area is 124 Å². The molecule has 2 nitrogen and oxygen atoms in total. The molecule has 0 fully saturated rings. The van der Waals surface area contributed by atoms with E-state index in [1.165, 1.54) is 6.20 Å². The van der Waals surface area contributed by atoms with Gasteiger partial charge in [-0.05, 0) is 23.8 Å². The van der Waals surface area contributed by atoms with Crippen LogP contribution in [0.5, 0.6) is 0 Å². The van der Waals surface area contributed by atoms with Gasteiger partial charge in [-0.2, -0.15) is 0 Å². The van der Waals surface area contributed by atoms with Crippen molar-refractivity contribution in [3.8, 4) is 11.3 Å². The molecule has 0 aliphatic carbocycles. The molecule has 0 bridgehead atoms. The van der Waals surface area contributed by atoms with E-state index in [-0.39, 0.29) is 6.61 Å². The fourth-order valence-corrected chi connectivity index (χ4v) is 2.27. The predicted octanol–water partition coefficient (Wildman–Crippen LogP) is 4.85. The topological polar surface area (TPSA) is 33.1 Å². The molecule has 0 amide bonds. The number of hydrogen-bond donors (Lipinski definition) is 1. The summed E-state index contributed by atoms with van der Waals surface area (Å²) in [4.78, 5) is 4.16. The van der Waals surface area contributed by atoms with Crippen LogP contribution in [-0.2, 0) is 6.61 Å². The summed E-state index contributed by atoms with van der Waals surface area (Å²) < 4.78 is 0. The van der Waals surface area contributed by atoms with Gasteiger partial charge in [0.15, 0.2) is 0 Å². The lowest BCUT2D eigenvalue weighted by Crippen LogP contribution is -1.91. The van der Waals surface area contributed by atoms with Gasteiger partial charge in [-0.15, -0.1) is 0 Å². The SMILES string of the molecule is OCc1cc(-c2cc(Cl)c(Cl)cc2Cl)ncc1Cl. The molecule has 0 aliphatic heterocycles. The van der Waals surface area contributed by atoms with Crippen LogP contribution in [0.25, 0.3) is 11.3 Å². The van der Waals surface area contributed by atoms with Crippen molar-refractivity contribution < 1.29 is 5.11 Å². The van der Waals surface area contributed by atoms with Crippen molar-refractivity contribution in [3.63, 3.8) is 0 Å². The minimum atomic E-state index is -0.173. The van der Waals surface area contributed by atoms with Gasteiger partial charge in [0.1, 0.15) is 0 Å². The van der Waals surface area contributed by atoms with Crippen molar-refractivity contribution in [1.29, 1.82) is 0 Å². The highest BCUT2D eigenvalue weighted by atomic mass is 35.5. The summed E-state index contributed by atoms with van der Waals surface area (Å²) in [6.07, 6.45) is 1.46. The van der Waals surface area contributed by atoms with Crippen LogP contribution in [0, 0.1) is 0 Å². The van der Waals surface area contributed by atoms with Crippen molar-refractivity contribution >= 4 is 46.4 Å². The van der Waals surface area contributed by atoms with Crippen molar-refractivity contribution in [2.45, 2.75) is 6.61 Å². The molecule has 6 heteroatoms. The van der Waals surface area contributed by atoms with E-state index in [9.17, 15) is 0 Å². The van der Waals surface area contributed by atoms with Crippen LogP contribution in [0.4, 0.5) is 0 Å². The lowest BCUT2D eigenvalue weighted by atomic mass is 10.1. The van der Waals surface area contributed by atoms with Crippen LogP contribution in [-0.4, -0.2) is 10.1 Å². The predicted molar refractivity (Wildman–Crippen MR) is 75.6 cm³/mol. The zero-order chi connectivity index (χ0) is 13.3. The second-order valence-electron chi connectivity index (χ2n) is 3.57. The van der Waals surface area contributed by atoms with E-state index in [4.69, 9.17) is 51.5 Å². The summed E-state index contributed by atoms with van der Waals surface area (Å²) in [7, 11) is 0. The first-order valence-corrected chi connectivity index (χ1v) is 6.44. The quantitative estimate of drug-likeness (QED) is 0.801. The number of aromatic nitrogens is 1. The third-order valence-corrected chi connectivity index (χ3v) is 3.77. The number of pyridine rings is 1. The molecule has 1 aromatic heterocycles. The molecular formula is C12H7Cl4NO. The molecule has 1 aromatic carbocycles. The van der Waals surface area contributed by atoms with E-state index >= 15 is 0 Å². The number of aliphatic hydroxyl groups excluding tert-OH is 1. The van der Waals surface area contributed by atoms with Crippen LogP contribution < -0.4 is 0 Å². The Balaban J connectivity index is 2.58. The van der Waals surface area contributed by atoms with Crippen LogP contribution in [0.1, 0.15) is 5.56 Å². The molecule has 0 saturated heterocycles. The maximum atomic E-state index is 9.17. The number of benzene rings is 1. The second-order valence-corrected chi connectivity index (χ2v) is 5.19. The summed E-state index contributed by atoms with van der Waals surface area (Å²) in [6, 6.07) is 4.84. The zero-order valence-electron chi connectivity index (χ0n) is 8.92. The standard InChI is InChI=1S/C12H7Cl4NO/c13-8-3-10(15)9(14)2-7(8)12-1-6(5-18)11(16)4-17-12/h1-4,18H,5H2. The fourth-order valence-electron chi connectivity index (χ4n) is 1.47. The number of nitrogens with zero attached hydrogens (tertiary/aromatic N) is 1. The van der Waals surface area contributed by atoms with E-state index in [1.807, 2.05) is 0 Å². The molecule has 18 heavy (non-hydrogen) atoms. The molecule has 0 unspecified atom stereocenters. The molecule has 94 valence electrons. The van der Waals surface area contributed by atoms with Gasteiger partial charge in [0.05, 0.1) is 32.4 Å². The Morgan fingerprint density at radius 3 is 2.22 bits per heavy atom. The average molecular weight is 323 g/mol. The fraction of sp³-hybridized carbons (Fsp3) is 0.0833. The third-order valence-electron chi connectivity index (χ3n) is 2.39. The number of rotatable bonds is 2. The van der Waals surface area contributed by atoms with Gasteiger partial charge in [0, 0.05) is 11.8 Å². The lowest BCUT2D eigenvalue weighted by molar-refractivity contribution is 0.282. The Morgan fingerprint density at radius 1 is 0.889 bits per heavy atom. The maximum absolute atomic E-state index is 9.17. The van der Waals surface area contributed by atoms with Crippen LogP contribution in [0.15, 0.2) is 24.4 Å². The van der Waals surface area contributed by atoms with Gasteiger partial charge in [-0.25, -0.2) is 0 Å². The first-order valence-electron chi connectivity index (χ1n) is 4.93. The summed E-state index contributed by atoms with van der Waals surface area (Å²) in [5.41, 5.74) is 1.79. The smallest absolute Gasteiger partial charge is 0.0722 e. The summed E-state index contributed by atoms with van der Waals surface area (Å²) in [5, 5.41) is 10.8. The van der Waals surface area contributed by atoms with E-state index in [1.54, 1.807) is 18.2 Å². The average Bonchev–Trinajstić information content (AvgIpc) is 2.35. The number of halogens is 4. The molecule has 0 saturated carbocycles. The zero-order valence-corrected chi connectivity index (χ0v) is 11.9. The first-order chi connectivity index (χ1) is 8.52. The van der Waals surface area contributed by atoms with Crippen molar-refractivity contribution in [2.24, 2.45) is 0 Å². The molecule has 2 aromatic rings. The molecule has 0 radical (unpaired) electrons. The Hall–Kier alpha value is -0.510. The Bertz CT molecular complexity index is 601. The molecule has 0 atom stereocenters. The summed E-state index contributed by atoms with van der Waals surface area (Å²) >= 11 is 23.8.